The largest absolute Gasteiger partial charge is 0.367 e. The molecule has 2 rings (SSSR count). The van der Waals surface area contributed by atoms with Crippen LogP contribution in [-0.2, 0) is 0 Å². The topological polar surface area (TPSA) is 44.3 Å². The number of likely N-dealkylation sites (N-methyl/N-ethyl adjacent to an activating group) is 2. The van der Waals surface area contributed by atoms with Crippen LogP contribution in [0.25, 0.3) is 0 Å². The molecule has 1 aromatic heterocycles. The molecule has 0 aromatic carbocycles. The fourth-order valence-electron chi connectivity index (χ4n) is 1.94. The van der Waals surface area contributed by atoms with Gasteiger partial charge in [-0.25, -0.2) is 0 Å². The quantitative estimate of drug-likeness (QED) is 0.786. The second-order valence-corrected chi connectivity index (χ2v) is 4.39. The molecule has 0 radical (unpaired) electrons. The van der Waals surface area contributed by atoms with Gasteiger partial charge in [0.05, 0.1) is 0 Å². The van der Waals surface area contributed by atoms with Crippen LogP contribution in [0.1, 0.15) is 0 Å². The SMILES string of the molecule is CN1CCN(C)C(CNc2cccnn2)C1. The number of nitrogens with one attached hydrogen (secondary N) is 1. The van der Waals surface area contributed by atoms with Crippen LogP contribution in [-0.4, -0.2) is 66.3 Å². The molecule has 1 saturated heterocycles. The summed E-state index contributed by atoms with van der Waals surface area (Å²) in [5, 5.41) is 11.2. The molecule has 0 amide bonds. The van der Waals surface area contributed by atoms with E-state index in [4.69, 9.17) is 0 Å². The van der Waals surface area contributed by atoms with Crippen LogP contribution in [0.15, 0.2) is 18.3 Å². The van der Waals surface area contributed by atoms with Crippen LogP contribution in [0.5, 0.6) is 0 Å². The van der Waals surface area contributed by atoms with Crippen LogP contribution < -0.4 is 5.32 Å². The number of piperazine rings is 1. The summed E-state index contributed by atoms with van der Waals surface area (Å²) in [5.41, 5.74) is 0. The van der Waals surface area contributed by atoms with Gasteiger partial charge in [0.1, 0.15) is 5.82 Å². The molecule has 1 aromatic rings. The second-order valence-electron chi connectivity index (χ2n) is 4.39. The van der Waals surface area contributed by atoms with E-state index in [1.807, 2.05) is 12.1 Å². The van der Waals surface area contributed by atoms with Gasteiger partial charge in [-0.3, -0.25) is 4.90 Å². The van der Waals surface area contributed by atoms with Crippen molar-refractivity contribution in [3.8, 4) is 0 Å². The van der Waals surface area contributed by atoms with E-state index in [0.717, 1.165) is 32.0 Å². The molecule has 1 fully saturated rings. The van der Waals surface area contributed by atoms with Crippen LogP contribution >= 0.6 is 0 Å². The maximum Gasteiger partial charge on any atom is 0.148 e. The van der Waals surface area contributed by atoms with E-state index >= 15 is 0 Å². The summed E-state index contributed by atoms with van der Waals surface area (Å²) in [5.74, 6) is 0.851. The zero-order valence-electron chi connectivity index (χ0n) is 9.93. The smallest absolute Gasteiger partial charge is 0.148 e. The van der Waals surface area contributed by atoms with E-state index in [2.05, 4.69) is 39.4 Å². The van der Waals surface area contributed by atoms with Crippen molar-refractivity contribution < 1.29 is 0 Å². The van der Waals surface area contributed by atoms with E-state index in [1.165, 1.54) is 0 Å². The molecular formula is C11H19N5. The van der Waals surface area contributed by atoms with Crippen molar-refractivity contribution in [2.75, 3.05) is 45.6 Å². The Labute approximate surface area is 96.5 Å². The first-order chi connectivity index (χ1) is 7.75. The third-order valence-corrected chi connectivity index (χ3v) is 3.07. The standard InChI is InChI=1S/C11H19N5/c1-15-6-7-16(2)10(9-15)8-12-11-4-3-5-13-14-11/h3-5,10H,6-9H2,1-2H3,(H,12,14). The van der Waals surface area contributed by atoms with Gasteiger partial charge in [-0.15, -0.1) is 5.10 Å². The fourth-order valence-corrected chi connectivity index (χ4v) is 1.94. The van der Waals surface area contributed by atoms with E-state index in [9.17, 15) is 0 Å². The first-order valence-electron chi connectivity index (χ1n) is 5.66. The third-order valence-electron chi connectivity index (χ3n) is 3.07. The first-order valence-corrected chi connectivity index (χ1v) is 5.66. The Morgan fingerprint density at radius 2 is 2.31 bits per heavy atom. The van der Waals surface area contributed by atoms with Crippen LogP contribution in [0.2, 0.25) is 0 Å². The summed E-state index contributed by atoms with van der Waals surface area (Å²) in [6, 6.07) is 4.38. The molecule has 2 heterocycles. The first kappa shape index (κ1) is 11.3. The Morgan fingerprint density at radius 3 is 3.06 bits per heavy atom. The van der Waals surface area contributed by atoms with Crippen molar-refractivity contribution in [3.63, 3.8) is 0 Å². The number of hydrogen-bond donors (Lipinski definition) is 1. The minimum Gasteiger partial charge on any atom is -0.367 e. The third kappa shape index (κ3) is 2.90. The summed E-state index contributed by atoms with van der Waals surface area (Å²) in [4.78, 5) is 4.76. The maximum atomic E-state index is 4.01. The van der Waals surface area contributed by atoms with Crippen molar-refractivity contribution >= 4 is 5.82 Å². The molecule has 16 heavy (non-hydrogen) atoms. The van der Waals surface area contributed by atoms with Gasteiger partial charge in [0.2, 0.25) is 0 Å². The minimum absolute atomic E-state index is 0.542. The van der Waals surface area contributed by atoms with Crippen molar-refractivity contribution in [2.45, 2.75) is 6.04 Å². The highest BCUT2D eigenvalue weighted by atomic mass is 15.3. The lowest BCUT2D eigenvalue weighted by molar-refractivity contribution is 0.122. The monoisotopic (exact) mass is 221 g/mol. The average Bonchev–Trinajstić information content (AvgIpc) is 2.32. The van der Waals surface area contributed by atoms with E-state index in [-0.39, 0.29) is 0 Å². The Kier molecular flexibility index (Phi) is 3.69. The predicted octanol–water partition coefficient (Wildman–Crippen LogP) is 0.134. The van der Waals surface area contributed by atoms with Crippen molar-refractivity contribution in [1.82, 2.24) is 20.0 Å². The maximum absolute atomic E-state index is 4.01. The molecule has 0 bridgehead atoms. The van der Waals surface area contributed by atoms with E-state index < -0.39 is 0 Å². The van der Waals surface area contributed by atoms with Gasteiger partial charge in [-0.05, 0) is 26.2 Å². The lowest BCUT2D eigenvalue weighted by atomic mass is 10.2. The van der Waals surface area contributed by atoms with Gasteiger partial charge >= 0.3 is 0 Å². The molecule has 1 unspecified atom stereocenters. The van der Waals surface area contributed by atoms with Crippen LogP contribution in [0.3, 0.4) is 0 Å². The number of hydrogen-bond acceptors (Lipinski definition) is 5. The summed E-state index contributed by atoms with van der Waals surface area (Å²) in [7, 11) is 4.35. The highest BCUT2D eigenvalue weighted by Crippen LogP contribution is 2.07. The highest BCUT2D eigenvalue weighted by Gasteiger charge is 2.21. The molecule has 1 aliphatic heterocycles. The van der Waals surface area contributed by atoms with Crippen molar-refractivity contribution in [2.24, 2.45) is 0 Å². The zero-order chi connectivity index (χ0) is 11.4. The van der Waals surface area contributed by atoms with E-state index in [1.54, 1.807) is 6.20 Å². The van der Waals surface area contributed by atoms with Crippen LogP contribution in [0.4, 0.5) is 5.82 Å². The van der Waals surface area contributed by atoms with Crippen molar-refractivity contribution in [3.05, 3.63) is 18.3 Å². The lowest BCUT2D eigenvalue weighted by Gasteiger charge is -2.37. The van der Waals surface area contributed by atoms with E-state index in [0.29, 0.717) is 6.04 Å². The Hall–Kier alpha value is -1.20. The molecule has 5 heteroatoms. The minimum atomic E-state index is 0.542. The molecule has 0 aliphatic carbocycles. The van der Waals surface area contributed by atoms with Gasteiger partial charge in [0.15, 0.2) is 0 Å². The lowest BCUT2D eigenvalue weighted by Crippen LogP contribution is -2.52. The number of anilines is 1. The molecular weight excluding hydrogens is 202 g/mol. The molecule has 88 valence electrons. The molecule has 5 nitrogen and oxygen atoms in total. The second kappa shape index (κ2) is 5.23. The predicted molar refractivity (Wildman–Crippen MR) is 64.4 cm³/mol. The summed E-state index contributed by atoms with van der Waals surface area (Å²) in [6.45, 7) is 4.30. The Bertz CT molecular complexity index is 315. The van der Waals surface area contributed by atoms with Gasteiger partial charge in [0, 0.05) is 38.4 Å². The fraction of sp³-hybridized carbons (Fsp3) is 0.636. The summed E-state index contributed by atoms with van der Waals surface area (Å²) in [6.07, 6.45) is 1.69. The van der Waals surface area contributed by atoms with Crippen LogP contribution in [0, 0.1) is 0 Å². The number of nitrogens with zero attached hydrogens (tertiary/aromatic N) is 4. The Morgan fingerprint density at radius 1 is 1.44 bits per heavy atom. The molecule has 1 N–H and O–H groups in total. The molecule has 1 atom stereocenters. The molecule has 0 spiro atoms. The summed E-state index contributed by atoms with van der Waals surface area (Å²) >= 11 is 0. The molecule has 0 saturated carbocycles. The van der Waals surface area contributed by atoms with Gasteiger partial charge < -0.3 is 10.2 Å². The number of rotatable bonds is 3. The van der Waals surface area contributed by atoms with Gasteiger partial charge in [0.25, 0.3) is 0 Å². The van der Waals surface area contributed by atoms with Gasteiger partial charge in [-0.1, -0.05) is 0 Å². The zero-order valence-corrected chi connectivity index (χ0v) is 9.93. The average molecular weight is 221 g/mol. The normalized spacial score (nSPS) is 23.2. The highest BCUT2D eigenvalue weighted by molar-refractivity contribution is 5.31. The van der Waals surface area contributed by atoms with Gasteiger partial charge in [-0.2, -0.15) is 5.10 Å². The van der Waals surface area contributed by atoms with Crippen molar-refractivity contribution in [1.29, 1.82) is 0 Å². The summed E-state index contributed by atoms with van der Waals surface area (Å²) < 4.78 is 0. The Balaban J connectivity index is 1.85. The number of aromatic nitrogens is 2. The molecule has 1 aliphatic rings.